The summed E-state index contributed by atoms with van der Waals surface area (Å²) in [5, 5.41) is 62.1. The molecule has 5 rings (SSSR count). The molecule has 1 amide bonds. The number of carbonyl (C=O) groups excluding carboxylic acids is 3. The van der Waals surface area contributed by atoms with Crippen molar-refractivity contribution in [1.82, 2.24) is 10.2 Å². The Labute approximate surface area is 389 Å². The molecule has 0 saturated carbocycles. The fourth-order valence-corrected chi connectivity index (χ4v) is 10.2. The molecule has 6 N–H and O–H groups in total. The molecule has 8 unspecified atom stereocenters. The number of rotatable bonds is 12. The first-order valence-corrected chi connectivity index (χ1v) is 23.3. The second kappa shape index (κ2) is 22.0. The first-order chi connectivity index (χ1) is 30.8. The standard InChI is InChI=1S/C49H76N2O15/c1-26-24-47(7,58)44(66-46-40(54)34(51(10)11)22-27(2)62-46)29(4)41(65-38-25-48(8,60-12)43(56)31(6)63-38)30(5)45(57)64-36(49(9,59)42(55)28(3)39(26)53)19-20-50-37(52)23-32-16-13-14-17-33(32)35-18-15-21-61-35/h13-18,21,26-31,34,36,38,40-44,46,54-56,58-59H,19-20,22-25H2,1-12H3,(H,50,52)/t26-,27?,28+,29+,30-,31?,34?,36-,38?,40?,41+,42-,43?,44-,46?,47-,48?,49-/m1/s1. The largest absolute Gasteiger partial charge is 0.464 e. The van der Waals surface area contributed by atoms with Gasteiger partial charge in [-0.05, 0) is 86.2 Å². The van der Waals surface area contributed by atoms with Crippen LogP contribution in [-0.4, -0.2) is 160 Å². The molecule has 66 heavy (non-hydrogen) atoms. The Morgan fingerprint density at radius 2 is 1.58 bits per heavy atom. The van der Waals surface area contributed by atoms with Crippen LogP contribution >= 0.6 is 0 Å². The molecule has 2 aromatic rings. The summed E-state index contributed by atoms with van der Waals surface area (Å²) in [6.45, 7) is 14.3. The highest BCUT2D eigenvalue weighted by Crippen LogP contribution is 2.41. The maximum absolute atomic E-state index is 14.7. The molecule has 0 spiro atoms. The van der Waals surface area contributed by atoms with Crippen LogP contribution in [0.2, 0.25) is 0 Å². The molecule has 3 fully saturated rings. The van der Waals surface area contributed by atoms with Gasteiger partial charge in [0.1, 0.15) is 35.5 Å². The fraction of sp³-hybridized carbons (Fsp3) is 0.735. The highest BCUT2D eigenvalue weighted by atomic mass is 16.7. The lowest BCUT2D eigenvalue weighted by Gasteiger charge is -2.49. The number of furan rings is 1. The zero-order valence-corrected chi connectivity index (χ0v) is 40.7. The van der Waals surface area contributed by atoms with Gasteiger partial charge in [0.05, 0.1) is 60.3 Å². The second-order valence-electron chi connectivity index (χ2n) is 20.0. The van der Waals surface area contributed by atoms with E-state index in [0.29, 0.717) is 17.7 Å². The number of carbonyl (C=O) groups is 3. The van der Waals surface area contributed by atoms with Gasteiger partial charge in [0, 0.05) is 55.9 Å². The third-order valence-corrected chi connectivity index (χ3v) is 14.3. The summed E-state index contributed by atoms with van der Waals surface area (Å²) in [5.41, 5.74) is -3.76. The zero-order chi connectivity index (χ0) is 49.1. The molecule has 3 aliphatic heterocycles. The molecule has 1 aromatic carbocycles. The van der Waals surface area contributed by atoms with Crippen molar-refractivity contribution in [2.24, 2.45) is 23.7 Å². The van der Waals surface area contributed by atoms with E-state index in [4.69, 9.17) is 32.8 Å². The van der Waals surface area contributed by atoms with E-state index in [9.17, 15) is 39.9 Å². The van der Waals surface area contributed by atoms with Gasteiger partial charge < -0.3 is 68.6 Å². The SMILES string of the molecule is COC1(C)CC(O[C@H]2[C@H](C)[C@@H](OC3OC(C)CC(N(C)C)C3O)[C@](C)(O)C[C@@H](C)C(=O)[C@H](C)[C@@H](O)[C@](C)(O)[C@@H](CCNC(=O)Cc3ccccc3-c3ccco3)OC(=O)[C@@H]2C)OC(C)C1O. The Morgan fingerprint density at radius 3 is 2.21 bits per heavy atom. The molecule has 17 nitrogen and oxygen atoms in total. The maximum atomic E-state index is 14.7. The van der Waals surface area contributed by atoms with Crippen molar-refractivity contribution in [3.63, 3.8) is 0 Å². The molecule has 3 aliphatic rings. The van der Waals surface area contributed by atoms with Crippen LogP contribution in [0.5, 0.6) is 0 Å². The number of Topliss-reactive ketones (excluding diaryl/α,β-unsaturated/α-hetero) is 1. The maximum Gasteiger partial charge on any atom is 0.311 e. The summed E-state index contributed by atoms with van der Waals surface area (Å²) < 4.78 is 43.3. The summed E-state index contributed by atoms with van der Waals surface area (Å²) >= 11 is 0. The van der Waals surface area contributed by atoms with E-state index in [1.165, 1.54) is 27.9 Å². The highest BCUT2D eigenvalue weighted by molar-refractivity contribution is 5.84. The summed E-state index contributed by atoms with van der Waals surface area (Å²) in [6.07, 6.45) is -9.64. The Kier molecular flexibility index (Phi) is 17.8. The van der Waals surface area contributed by atoms with Gasteiger partial charge in [-0.3, -0.25) is 14.4 Å². The lowest BCUT2D eigenvalue weighted by atomic mass is 9.74. The molecular formula is C49H76N2O15. The first kappa shape index (κ1) is 53.6. The lowest BCUT2D eigenvalue weighted by Crippen LogP contribution is -2.61. The molecule has 0 aliphatic carbocycles. The van der Waals surface area contributed by atoms with Crippen LogP contribution in [0, 0.1) is 23.7 Å². The van der Waals surface area contributed by atoms with Crippen LogP contribution < -0.4 is 5.32 Å². The summed E-state index contributed by atoms with van der Waals surface area (Å²) in [6, 6.07) is 10.5. The fourth-order valence-electron chi connectivity index (χ4n) is 10.2. The number of esters is 1. The van der Waals surface area contributed by atoms with Crippen molar-refractivity contribution in [2.45, 2.75) is 179 Å². The van der Waals surface area contributed by atoms with Gasteiger partial charge in [0.15, 0.2) is 12.6 Å². The van der Waals surface area contributed by atoms with Gasteiger partial charge >= 0.3 is 5.97 Å². The van der Waals surface area contributed by atoms with Crippen LogP contribution in [-0.2, 0) is 49.2 Å². The smallest absolute Gasteiger partial charge is 0.311 e. The monoisotopic (exact) mass is 933 g/mol. The third kappa shape index (κ3) is 12.1. The topological polar surface area (TPSA) is 236 Å². The van der Waals surface area contributed by atoms with Crippen molar-refractivity contribution in [2.75, 3.05) is 27.7 Å². The number of cyclic esters (lactones) is 1. The minimum absolute atomic E-state index is 0.0106. The van der Waals surface area contributed by atoms with Gasteiger partial charge in [0.25, 0.3) is 0 Å². The van der Waals surface area contributed by atoms with E-state index in [2.05, 4.69) is 5.32 Å². The van der Waals surface area contributed by atoms with Gasteiger partial charge in [-0.15, -0.1) is 0 Å². The number of hydrogen-bond donors (Lipinski definition) is 6. The van der Waals surface area contributed by atoms with E-state index in [1.807, 2.05) is 50.2 Å². The predicted octanol–water partition coefficient (Wildman–Crippen LogP) is 3.38. The minimum atomic E-state index is -2.23. The second-order valence-corrected chi connectivity index (χ2v) is 20.0. The average Bonchev–Trinajstić information content (AvgIpc) is 3.80. The van der Waals surface area contributed by atoms with Crippen LogP contribution in [0.3, 0.4) is 0 Å². The van der Waals surface area contributed by atoms with Gasteiger partial charge in [-0.25, -0.2) is 0 Å². The number of likely N-dealkylation sites (N-methyl/N-ethyl adjacent to an activating group) is 1. The highest BCUT2D eigenvalue weighted by Gasteiger charge is 2.53. The lowest BCUT2D eigenvalue weighted by molar-refractivity contribution is -0.318. The van der Waals surface area contributed by atoms with E-state index in [0.717, 1.165) is 5.56 Å². The molecule has 0 radical (unpaired) electrons. The van der Waals surface area contributed by atoms with Gasteiger partial charge in [0.2, 0.25) is 5.91 Å². The Bertz CT molecular complexity index is 1910. The molecule has 0 bridgehead atoms. The van der Waals surface area contributed by atoms with Gasteiger partial charge in [-0.1, -0.05) is 45.0 Å². The van der Waals surface area contributed by atoms with Crippen LogP contribution in [0.25, 0.3) is 11.3 Å². The van der Waals surface area contributed by atoms with Crippen molar-refractivity contribution < 1.29 is 72.8 Å². The number of aliphatic hydroxyl groups is 5. The number of methoxy groups -OCH3 is 1. The van der Waals surface area contributed by atoms with E-state index in [-0.39, 0.29) is 50.3 Å². The number of amides is 1. The number of benzene rings is 1. The Balaban J connectivity index is 1.51. The van der Waals surface area contributed by atoms with Crippen LogP contribution in [0.1, 0.15) is 93.6 Å². The summed E-state index contributed by atoms with van der Waals surface area (Å²) in [5.74, 6) is -5.39. The minimum Gasteiger partial charge on any atom is -0.464 e. The van der Waals surface area contributed by atoms with Crippen molar-refractivity contribution in [3.05, 3.63) is 48.2 Å². The summed E-state index contributed by atoms with van der Waals surface area (Å²) in [4.78, 5) is 44.2. The number of hydrogen-bond acceptors (Lipinski definition) is 16. The number of nitrogens with zero attached hydrogens (tertiary/aromatic N) is 1. The number of ether oxygens (including phenoxy) is 6. The van der Waals surface area contributed by atoms with Crippen molar-refractivity contribution >= 4 is 17.7 Å². The van der Waals surface area contributed by atoms with E-state index >= 15 is 0 Å². The van der Waals surface area contributed by atoms with Crippen LogP contribution in [0.4, 0.5) is 0 Å². The Hall–Kier alpha value is -3.33. The van der Waals surface area contributed by atoms with Gasteiger partial charge in [-0.2, -0.15) is 0 Å². The predicted molar refractivity (Wildman–Crippen MR) is 241 cm³/mol. The first-order valence-electron chi connectivity index (χ1n) is 23.3. The number of nitrogens with one attached hydrogen (secondary N) is 1. The average molecular weight is 933 g/mol. The van der Waals surface area contributed by atoms with Crippen LogP contribution in [0.15, 0.2) is 47.1 Å². The van der Waals surface area contributed by atoms with Crippen molar-refractivity contribution in [3.8, 4) is 11.3 Å². The molecular weight excluding hydrogens is 857 g/mol. The molecule has 1 aromatic heterocycles. The molecule has 4 heterocycles. The molecule has 3 saturated heterocycles. The molecule has 17 heteroatoms. The van der Waals surface area contributed by atoms with Crippen molar-refractivity contribution in [1.29, 1.82) is 0 Å². The van der Waals surface area contributed by atoms with E-state index in [1.54, 1.807) is 53.0 Å². The molecule has 18 atom stereocenters. The quantitative estimate of drug-likeness (QED) is 0.167. The van der Waals surface area contributed by atoms with E-state index < -0.39 is 108 Å². The number of ketones is 1. The molecule has 372 valence electrons. The zero-order valence-electron chi connectivity index (χ0n) is 40.7. The normalized spacial score (nSPS) is 41.0. The summed E-state index contributed by atoms with van der Waals surface area (Å²) in [7, 11) is 5.13. The number of aliphatic hydroxyl groups excluding tert-OH is 3. The Morgan fingerprint density at radius 1 is 0.894 bits per heavy atom. The third-order valence-electron chi connectivity index (χ3n) is 14.3.